The van der Waals surface area contributed by atoms with Crippen molar-refractivity contribution in [1.29, 1.82) is 0 Å². The fourth-order valence-electron chi connectivity index (χ4n) is 1.11. The molecule has 16 heavy (non-hydrogen) atoms. The van der Waals surface area contributed by atoms with E-state index in [9.17, 15) is 9.59 Å². The molecule has 0 aromatic heterocycles. The lowest BCUT2D eigenvalue weighted by Crippen LogP contribution is -2.35. The molecular weight excluding hydrogens is 276 g/mol. The van der Waals surface area contributed by atoms with Gasteiger partial charge in [-0.3, -0.25) is 4.79 Å². The zero-order valence-corrected chi connectivity index (χ0v) is 10.0. The molecule has 0 saturated heterocycles. The molecule has 1 aromatic rings. The van der Waals surface area contributed by atoms with Gasteiger partial charge in [-0.25, -0.2) is 4.79 Å². The Balaban J connectivity index is 2.73. The number of carboxylic acid groups (broad SMARTS) is 1. The van der Waals surface area contributed by atoms with Crippen molar-refractivity contribution in [2.45, 2.75) is 12.5 Å². The molecule has 1 aromatic carbocycles. The Morgan fingerprint density at radius 3 is 2.44 bits per heavy atom. The zero-order valence-electron chi connectivity index (χ0n) is 8.43. The number of alkyl halides is 1. The second-order valence-electron chi connectivity index (χ2n) is 3.05. The fraction of sp³-hybridized carbons (Fsp3) is 0.273. The number of hydrogen-bond donors (Lipinski definition) is 1. The minimum atomic E-state index is -1.43. The Morgan fingerprint density at radius 1 is 1.31 bits per heavy atom. The molecule has 0 fully saturated rings. The molecule has 1 atom stereocenters. The number of para-hydroxylation sites is 1. The Hall–Kier alpha value is -1.36. The third kappa shape index (κ3) is 3.66. The summed E-state index contributed by atoms with van der Waals surface area (Å²) in [6, 6.07) is 8.42. The van der Waals surface area contributed by atoms with Gasteiger partial charge in [-0.1, -0.05) is 34.1 Å². The van der Waals surface area contributed by atoms with Gasteiger partial charge in [0.15, 0.2) is 5.78 Å². The first-order valence-electron chi connectivity index (χ1n) is 4.68. The van der Waals surface area contributed by atoms with E-state index in [4.69, 9.17) is 9.84 Å². The van der Waals surface area contributed by atoms with Gasteiger partial charge in [-0.2, -0.15) is 0 Å². The van der Waals surface area contributed by atoms with E-state index in [-0.39, 0.29) is 6.42 Å². The molecule has 4 nitrogen and oxygen atoms in total. The number of carboxylic acids is 1. The summed E-state index contributed by atoms with van der Waals surface area (Å²) < 4.78 is 5.12. The number of aliphatic carboxylic acids is 1. The van der Waals surface area contributed by atoms with E-state index < -0.39 is 17.9 Å². The summed E-state index contributed by atoms with van der Waals surface area (Å²) in [5.41, 5.74) is 0. The van der Waals surface area contributed by atoms with Crippen molar-refractivity contribution in [3.63, 3.8) is 0 Å². The van der Waals surface area contributed by atoms with Crippen molar-refractivity contribution < 1.29 is 19.4 Å². The zero-order chi connectivity index (χ0) is 12.0. The van der Waals surface area contributed by atoms with E-state index in [1.807, 2.05) is 0 Å². The van der Waals surface area contributed by atoms with Crippen molar-refractivity contribution >= 4 is 27.7 Å². The summed E-state index contributed by atoms with van der Waals surface area (Å²) in [7, 11) is 0. The molecule has 0 bridgehead atoms. The molecule has 0 amide bonds. The predicted molar refractivity (Wildman–Crippen MR) is 61.9 cm³/mol. The van der Waals surface area contributed by atoms with Crippen LogP contribution >= 0.6 is 15.9 Å². The second-order valence-corrected chi connectivity index (χ2v) is 3.85. The van der Waals surface area contributed by atoms with Crippen LogP contribution in [0.4, 0.5) is 0 Å². The Kier molecular flexibility index (Phi) is 4.98. The highest BCUT2D eigenvalue weighted by atomic mass is 79.9. The van der Waals surface area contributed by atoms with Gasteiger partial charge in [-0.15, -0.1) is 0 Å². The van der Waals surface area contributed by atoms with Crippen molar-refractivity contribution in [1.82, 2.24) is 0 Å². The molecule has 0 aliphatic carbocycles. The summed E-state index contributed by atoms with van der Waals surface area (Å²) in [6.07, 6.45) is -1.30. The van der Waals surface area contributed by atoms with E-state index in [1.165, 1.54) is 0 Å². The Morgan fingerprint density at radius 2 is 1.94 bits per heavy atom. The Labute approximate surface area is 101 Å². The molecule has 1 N–H and O–H groups in total. The molecule has 86 valence electrons. The van der Waals surface area contributed by atoms with Crippen molar-refractivity contribution in [2.24, 2.45) is 0 Å². The highest BCUT2D eigenvalue weighted by molar-refractivity contribution is 9.09. The van der Waals surface area contributed by atoms with Gasteiger partial charge >= 0.3 is 5.97 Å². The smallest absolute Gasteiger partial charge is 0.352 e. The lowest BCUT2D eigenvalue weighted by atomic mass is 10.2. The lowest BCUT2D eigenvalue weighted by Gasteiger charge is -2.13. The molecule has 1 rings (SSSR count). The number of halogens is 1. The standard InChI is InChI=1S/C11H11BrO4/c12-7-6-9(13)10(11(14)15)16-8-4-2-1-3-5-8/h1-5,10H,6-7H2,(H,14,15). The quantitative estimate of drug-likeness (QED) is 0.641. The average Bonchev–Trinajstić information content (AvgIpc) is 2.27. The molecule has 0 spiro atoms. The van der Waals surface area contributed by atoms with Crippen LogP contribution in [0.5, 0.6) is 5.75 Å². The van der Waals surface area contributed by atoms with E-state index in [0.717, 1.165) is 0 Å². The fourth-order valence-corrected chi connectivity index (χ4v) is 1.50. The summed E-state index contributed by atoms with van der Waals surface area (Å²) in [5.74, 6) is -1.35. The van der Waals surface area contributed by atoms with Gasteiger partial charge in [-0.05, 0) is 12.1 Å². The van der Waals surface area contributed by atoms with Gasteiger partial charge in [0.1, 0.15) is 5.75 Å². The van der Waals surface area contributed by atoms with Crippen LogP contribution in [0, 0.1) is 0 Å². The van der Waals surface area contributed by atoms with E-state index in [0.29, 0.717) is 11.1 Å². The summed E-state index contributed by atoms with van der Waals surface area (Å²) in [5, 5.41) is 9.29. The van der Waals surface area contributed by atoms with Gasteiger partial charge in [0.2, 0.25) is 0 Å². The summed E-state index contributed by atoms with van der Waals surface area (Å²) >= 11 is 3.08. The molecule has 0 saturated carbocycles. The number of carbonyl (C=O) groups is 2. The van der Waals surface area contributed by atoms with Gasteiger partial charge in [0, 0.05) is 11.8 Å². The number of hydrogen-bond acceptors (Lipinski definition) is 3. The topological polar surface area (TPSA) is 63.6 Å². The Bertz CT molecular complexity index is 364. The second kappa shape index (κ2) is 6.27. The number of rotatable bonds is 6. The number of ether oxygens (including phenoxy) is 1. The van der Waals surface area contributed by atoms with Gasteiger partial charge in [0.25, 0.3) is 6.10 Å². The van der Waals surface area contributed by atoms with Crippen LogP contribution in [-0.4, -0.2) is 28.3 Å². The lowest BCUT2D eigenvalue weighted by molar-refractivity contribution is -0.150. The van der Waals surface area contributed by atoms with Crippen LogP contribution in [0.3, 0.4) is 0 Å². The van der Waals surface area contributed by atoms with Crippen LogP contribution in [0.1, 0.15) is 6.42 Å². The average molecular weight is 287 g/mol. The number of Topliss-reactive ketones (excluding diaryl/α,β-unsaturated/α-hetero) is 1. The number of ketones is 1. The third-order valence-corrected chi connectivity index (χ3v) is 2.25. The van der Waals surface area contributed by atoms with Gasteiger partial charge < -0.3 is 9.84 Å². The molecule has 0 aliphatic heterocycles. The van der Waals surface area contributed by atoms with Crippen molar-refractivity contribution in [2.75, 3.05) is 5.33 Å². The highest BCUT2D eigenvalue weighted by Crippen LogP contribution is 2.12. The maximum absolute atomic E-state index is 11.5. The van der Waals surface area contributed by atoms with Crippen molar-refractivity contribution in [3.8, 4) is 5.75 Å². The summed E-state index contributed by atoms with van der Waals surface area (Å²) in [4.78, 5) is 22.3. The maximum Gasteiger partial charge on any atom is 0.352 e. The number of carbonyl (C=O) groups excluding carboxylic acids is 1. The first-order chi connectivity index (χ1) is 7.65. The SMILES string of the molecule is O=C(O)C(Oc1ccccc1)C(=O)CCBr. The first-order valence-corrected chi connectivity index (χ1v) is 5.80. The highest BCUT2D eigenvalue weighted by Gasteiger charge is 2.27. The minimum Gasteiger partial charge on any atom is -0.478 e. The normalized spacial score (nSPS) is 11.8. The summed E-state index contributed by atoms with van der Waals surface area (Å²) in [6.45, 7) is 0. The van der Waals surface area contributed by atoms with Gasteiger partial charge in [0.05, 0.1) is 0 Å². The van der Waals surface area contributed by atoms with Crippen LogP contribution in [0.15, 0.2) is 30.3 Å². The molecule has 0 aliphatic rings. The molecule has 0 heterocycles. The third-order valence-electron chi connectivity index (χ3n) is 1.85. The first kappa shape index (κ1) is 12.7. The minimum absolute atomic E-state index is 0.129. The van der Waals surface area contributed by atoms with Crippen LogP contribution in [0.2, 0.25) is 0 Å². The van der Waals surface area contributed by atoms with Crippen molar-refractivity contribution in [3.05, 3.63) is 30.3 Å². The van der Waals surface area contributed by atoms with E-state index >= 15 is 0 Å². The molecule has 5 heteroatoms. The predicted octanol–water partition coefficient (Wildman–Crippen LogP) is 1.87. The van der Waals surface area contributed by atoms with Crippen LogP contribution < -0.4 is 4.74 Å². The molecule has 0 radical (unpaired) electrons. The van der Waals surface area contributed by atoms with Crippen LogP contribution in [0.25, 0.3) is 0 Å². The van der Waals surface area contributed by atoms with Crippen LogP contribution in [-0.2, 0) is 9.59 Å². The van der Waals surface area contributed by atoms with E-state index in [1.54, 1.807) is 30.3 Å². The molecular formula is C11H11BrO4. The van der Waals surface area contributed by atoms with E-state index in [2.05, 4.69) is 15.9 Å². The maximum atomic E-state index is 11.5. The monoisotopic (exact) mass is 286 g/mol. The molecule has 1 unspecified atom stereocenters. The largest absolute Gasteiger partial charge is 0.478 e. The number of benzene rings is 1.